The van der Waals surface area contributed by atoms with Crippen LogP contribution in [-0.4, -0.2) is 28.8 Å². The van der Waals surface area contributed by atoms with Gasteiger partial charge in [0.25, 0.3) is 5.91 Å². The van der Waals surface area contributed by atoms with E-state index in [1.54, 1.807) is 18.2 Å². The van der Waals surface area contributed by atoms with Crippen LogP contribution in [0.3, 0.4) is 0 Å². The maximum Gasteiger partial charge on any atom is 0.255 e. The van der Waals surface area contributed by atoms with Crippen LogP contribution in [0.2, 0.25) is 5.02 Å². The molecule has 0 aliphatic heterocycles. The number of amides is 2. The highest BCUT2D eigenvalue weighted by molar-refractivity contribution is 6.31. The van der Waals surface area contributed by atoms with E-state index < -0.39 is 17.5 Å². The van der Waals surface area contributed by atoms with Crippen LogP contribution in [-0.2, 0) is 11.3 Å². The van der Waals surface area contributed by atoms with Gasteiger partial charge in [-0.2, -0.15) is 0 Å². The summed E-state index contributed by atoms with van der Waals surface area (Å²) in [6, 6.07) is 7.98. The fourth-order valence-electron chi connectivity index (χ4n) is 5.23. The molecule has 0 radical (unpaired) electrons. The topological polar surface area (TPSA) is 75.4 Å². The van der Waals surface area contributed by atoms with E-state index in [-0.39, 0.29) is 29.5 Å². The minimum Gasteiger partial charge on any atom is -0.335 e. The van der Waals surface area contributed by atoms with Crippen molar-refractivity contribution in [3.05, 3.63) is 64.2 Å². The van der Waals surface area contributed by atoms with Gasteiger partial charge in [-0.3, -0.25) is 9.59 Å². The van der Waals surface area contributed by atoms with Gasteiger partial charge in [0.2, 0.25) is 5.91 Å². The van der Waals surface area contributed by atoms with Crippen molar-refractivity contribution in [1.29, 1.82) is 0 Å². The predicted molar refractivity (Wildman–Crippen MR) is 133 cm³/mol. The van der Waals surface area contributed by atoms with Gasteiger partial charge in [-0.05, 0) is 74.4 Å². The molecule has 2 aliphatic rings. The smallest absolute Gasteiger partial charge is 0.255 e. The van der Waals surface area contributed by atoms with Crippen molar-refractivity contribution in [2.45, 2.75) is 76.4 Å². The van der Waals surface area contributed by atoms with E-state index in [4.69, 9.17) is 17.3 Å². The van der Waals surface area contributed by atoms with Crippen LogP contribution in [0, 0.1) is 17.6 Å². The summed E-state index contributed by atoms with van der Waals surface area (Å²) in [6.07, 6.45) is 8.62. The van der Waals surface area contributed by atoms with Gasteiger partial charge in [-0.15, -0.1) is 0 Å². The lowest BCUT2D eigenvalue weighted by Crippen LogP contribution is -2.46. The molecular weight excluding hydrogens is 472 g/mol. The molecule has 4 rings (SSSR count). The highest BCUT2D eigenvalue weighted by Crippen LogP contribution is 2.32. The number of nitrogens with two attached hydrogens (primary N) is 1. The van der Waals surface area contributed by atoms with Crippen molar-refractivity contribution < 1.29 is 18.4 Å². The zero-order valence-corrected chi connectivity index (χ0v) is 20.5. The maximum absolute atomic E-state index is 13.6. The number of benzene rings is 2. The minimum atomic E-state index is -0.823. The van der Waals surface area contributed by atoms with E-state index in [1.807, 2.05) is 4.90 Å². The lowest BCUT2D eigenvalue weighted by Gasteiger charge is -2.39. The Kier molecular flexibility index (Phi) is 8.39. The van der Waals surface area contributed by atoms with Gasteiger partial charge >= 0.3 is 0 Å². The van der Waals surface area contributed by atoms with Crippen molar-refractivity contribution in [2.75, 3.05) is 5.32 Å². The molecule has 0 atom stereocenters. The second kappa shape index (κ2) is 11.5. The zero-order chi connectivity index (χ0) is 24.9. The first kappa shape index (κ1) is 25.6. The molecule has 35 heavy (non-hydrogen) atoms. The van der Waals surface area contributed by atoms with Gasteiger partial charge in [0.1, 0.15) is 11.6 Å². The molecule has 2 saturated carbocycles. The van der Waals surface area contributed by atoms with E-state index in [0.717, 1.165) is 63.5 Å². The SMILES string of the molecule is NC1CCC(N(Cc2cc(NC(=O)c3cc(F)cc(F)c3)ccc2Cl)C(=O)C2CCCCC2)CC1. The molecule has 0 spiro atoms. The number of carbonyl (C=O) groups is 2. The van der Waals surface area contributed by atoms with Crippen LogP contribution in [0.1, 0.15) is 73.7 Å². The molecule has 0 heterocycles. The van der Waals surface area contributed by atoms with E-state index in [2.05, 4.69) is 5.32 Å². The first-order valence-electron chi connectivity index (χ1n) is 12.4. The molecule has 2 aromatic rings. The average molecular weight is 504 g/mol. The molecule has 0 saturated heterocycles. The highest BCUT2D eigenvalue weighted by atomic mass is 35.5. The lowest BCUT2D eigenvalue weighted by atomic mass is 9.85. The molecule has 5 nitrogen and oxygen atoms in total. The van der Waals surface area contributed by atoms with Crippen molar-refractivity contribution in [3.63, 3.8) is 0 Å². The van der Waals surface area contributed by atoms with Crippen LogP contribution in [0.15, 0.2) is 36.4 Å². The average Bonchev–Trinajstić information content (AvgIpc) is 2.84. The summed E-state index contributed by atoms with van der Waals surface area (Å²) < 4.78 is 27.1. The Morgan fingerprint density at radius 2 is 1.60 bits per heavy atom. The monoisotopic (exact) mass is 503 g/mol. The van der Waals surface area contributed by atoms with E-state index >= 15 is 0 Å². The Balaban J connectivity index is 1.54. The molecule has 188 valence electrons. The fraction of sp³-hybridized carbons (Fsp3) is 0.481. The summed E-state index contributed by atoms with van der Waals surface area (Å²) >= 11 is 6.52. The molecule has 2 aromatic carbocycles. The second-order valence-electron chi connectivity index (χ2n) is 9.79. The number of nitrogens with one attached hydrogen (secondary N) is 1. The summed E-state index contributed by atoms with van der Waals surface area (Å²) in [5.74, 6) is -2.07. The number of halogens is 3. The van der Waals surface area contributed by atoms with Gasteiger partial charge in [-0.1, -0.05) is 30.9 Å². The van der Waals surface area contributed by atoms with Crippen LogP contribution in [0.4, 0.5) is 14.5 Å². The van der Waals surface area contributed by atoms with Gasteiger partial charge in [0, 0.05) is 46.9 Å². The Morgan fingerprint density at radius 3 is 2.26 bits per heavy atom. The third-order valence-electron chi connectivity index (χ3n) is 7.19. The number of rotatable bonds is 6. The fourth-order valence-corrected chi connectivity index (χ4v) is 5.41. The van der Waals surface area contributed by atoms with E-state index in [0.29, 0.717) is 28.9 Å². The maximum atomic E-state index is 13.6. The molecule has 2 aliphatic carbocycles. The standard InChI is InChI=1S/C27H32ClF2N3O2/c28-25-11-8-23(32-26(34)18-12-20(29)15-21(30)13-18)14-19(25)16-33(24-9-6-22(31)7-10-24)27(35)17-4-2-1-3-5-17/h8,11-15,17,22,24H,1-7,9-10,16,31H2,(H,32,34). The Bertz CT molecular complexity index is 1050. The van der Waals surface area contributed by atoms with E-state index in [9.17, 15) is 18.4 Å². The molecule has 2 fully saturated rings. The van der Waals surface area contributed by atoms with Crippen molar-refractivity contribution in [3.8, 4) is 0 Å². The van der Waals surface area contributed by atoms with E-state index in [1.165, 1.54) is 6.42 Å². The minimum absolute atomic E-state index is 0.0314. The third kappa shape index (κ3) is 6.58. The van der Waals surface area contributed by atoms with Crippen LogP contribution in [0.25, 0.3) is 0 Å². The van der Waals surface area contributed by atoms with Crippen LogP contribution < -0.4 is 11.1 Å². The van der Waals surface area contributed by atoms with Gasteiger partial charge < -0.3 is 16.0 Å². The van der Waals surface area contributed by atoms with Gasteiger partial charge in [0.05, 0.1) is 0 Å². The summed E-state index contributed by atoms with van der Waals surface area (Å²) in [4.78, 5) is 28.2. The Morgan fingerprint density at radius 1 is 0.943 bits per heavy atom. The number of nitrogens with zero attached hydrogens (tertiary/aromatic N) is 1. The summed E-state index contributed by atoms with van der Waals surface area (Å²) in [5, 5.41) is 3.17. The number of hydrogen-bond donors (Lipinski definition) is 2. The summed E-state index contributed by atoms with van der Waals surface area (Å²) in [6.45, 7) is 0.340. The molecule has 0 aromatic heterocycles. The molecule has 2 amide bonds. The summed E-state index contributed by atoms with van der Waals surface area (Å²) in [7, 11) is 0. The highest BCUT2D eigenvalue weighted by Gasteiger charge is 2.33. The second-order valence-corrected chi connectivity index (χ2v) is 10.2. The number of carbonyl (C=O) groups excluding carboxylic acids is 2. The van der Waals surface area contributed by atoms with Crippen LogP contribution >= 0.6 is 11.6 Å². The predicted octanol–water partition coefficient (Wildman–Crippen LogP) is 6.05. The first-order valence-corrected chi connectivity index (χ1v) is 12.8. The van der Waals surface area contributed by atoms with Gasteiger partial charge in [0.15, 0.2) is 0 Å². The van der Waals surface area contributed by atoms with Crippen LogP contribution in [0.5, 0.6) is 0 Å². The number of anilines is 1. The Labute approximate surface area is 210 Å². The molecule has 3 N–H and O–H groups in total. The van der Waals surface area contributed by atoms with Crippen molar-refractivity contribution in [1.82, 2.24) is 4.90 Å². The van der Waals surface area contributed by atoms with Crippen molar-refractivity contribution >= 4 is 29.1 Å². The Hall–Kier alpha value is -2.51. The summed E-state index contributed by atoms with van der Waals surface area (Å²) in [5.41, 5.74) is 7.15. The molecular formula is C27H32ClF2N3O2. The number of hydrogen-bond acceptors (Lipinski definition) is 3. The lowest BCUT2D eigenvalue weighted by molar-refractivity contribution is -0.140. The van der Waals surface area contributed by atoms with Crippen molar-refractivity contribution in [2.24, 2.45) is 11.7 Å². The normalized spacial score (nSPS) is 20.9. The molecule has 0 bridgehead atoms. The molecule has 0 unspecified atom stereocenters. The largest absolute Gasteiger partial charge is 0.335 e. The zero-order valence-electron chi connectivity index (χ0n) is 19.7. The molecule has 8 heteroatoms. The third-order valence-corrected chi connectivity index (χ3v) is 7.56. The quantitative estimate of drug-likeness (QED) is 0.504. The van der Waals surface area contributed by atoms with Gasteiger partial charge in [-0.25, -0.2) is 8.78 Å². The first-order chi connectivity index (χ1) is 16.8.